The topological polar surface area (TPSA) is 58.2 Å². The number of likely N-dealkylation sites (N-methyl/N-ethyl adjacent to an activating group) is 1. The van der Waals surface area contributed by atoms with E-state index in [1.165, 1.54) is 0 Å². The van der Waals surface area contributed by atoms with E-state index in [2.05, 4.69) is 32.6 Å². The zero-order chi connectivity index (χ0) is 12.9. The highest BCUT2D eigenvalue weighted by atomic mass is 127. The van der Waals surface area contributed by atoms with Gasteiger partial charge in [-0.25, -0.2) is 13.1 Å². The molecule has 0 aromatic heterocycles. The molecule has 0 heterocycles. The summed E-state index contributed by atoms with van der Waals surface area (Å²) in [5.41, 5.74) is 0. The van der Waals surface area contributed by atoms with Gasteiger partial charge in [0.05, 0.1) is 4.90 Å². The van der Waals surface area contributed by atoms with Crippen molar-refractivity contribution in [2.45, 2.75) is 24.8 Å². The van der Waals surface area contributed by atoms with E-state index in [0.717, 1.165) is 10.1 Å². The summed E-state index contributed by atoms with van der Waals surface area (Å²) >= 11 is 2.10. The molecule has 1 aromatic carbocycles. The second kappa shape index (κ2) is 8.31. The maximum atomic E-state index is 12.0. The maximum absolute atomic E-state index is 12.0. The molecule has 0 spiro atoms. The third kappa shape index (κ3) is 5.83. The van der Waals surface area contributed by atoms with E-state index in [-0.39, 0.29) is 18.4 Å². The van der Waals surface area contributed by atoms with Gasteiger partial charge in [-0.3, -0.25) is 0 Å². The molecule has 0 aliphatic heterocycles. The van der Waals surface area contributed by atoms with Crippen LogP contribution in [0.5, 0.6) is 0 Å². The second-order valence-electron chi connectivity index (χ2n) is 3.77. The van der Waals surface area contributed by atoms with Gasteiger partial charge in [-0.2, -0.15) is 0 Å². The first-order chi connectivity index (χ1) is 7.95. The fourth-order valence-electron chi connectivity index (χ4n) is 1.37. The van der Waals surface area contributed by atoms with Crippen molar-refractivity contribution in [1.29, 1.82) is 0 Å². The Bertz CT molecular complexity index is 468. The molecule has 2 N–H and O–H groups in total. The first-order valence-electron chi connectivity index (χ1n) is 5.44. The van der Waals surface area contributed by atoms with Gasteiger partial charge in [-0.15, -0.1) is 12.4 Å². The molecule has 0 saturated carbocycles. The van der Waals surface area contributed by atoms with Crippen LogP contribution in [0.25, 0.3) is 0 Å². The zero-order valence-electron chi connectivity index (χ0n) is 10.3. The molecule has 4 nitrogen and oxygen atoms in total. The summed E-state index contributed by atoms with van der Waals surface area (Å²) < 4.78 is 27.4. The lowest BCUT2D eigenvalue weighted by atomic mass is 10.3. The van der Waals surface area contributed by atoms with E-state index in [9.17, 15) is 8.42 Å². The molecule has 0 aliphatic carbocycles. The van der Waals surface area contributed by atoms with Gasteiger partial charge in [0.1, 0.15) is 0 Å². The van der Waals surface area contributed by atoms with E-state index < -0.39 is 10.0 Å². The Labute approximate surface area is 129 Å². The van der Waals surface area contributed by atoms with Crippen LogP contribution in [0, 0.1) is 3.57 Å². The number of nitrogens with one attached hydrogen (secondary N) is 2. The first kappa shape index (κ1) is 18.1. The third-order valence-electron chi connectivity index (χ3n) is 2.24. The van der Waals surface area contributed by atoms with Gasteiger partial charge in [0.2, 0.25) is 10.0 Å². The number of benzene rings is 1. The molecule has 104 valence electrons. The number of hydrogen-bond acceptors (Lipinski definition) is 3. The molecule has 0 fully saturated rings. The highest BCUT2D eigenvalue weighted by Gasteiger charge is 2.14. The van der Waals surface area contributed by atoms with Crippen LogP contribution in [-0.4, -0.2) is 27.5 Å². The summed E-state index contributed by atoms with van der Waals surface area (Å²) in [6.45, 7) is 5.15. The van der Waals surface area contributed by atoms with Crippen molar-refractivity contribution in [1.82, 2.24) is 10.0 Å². The van der Waals surface area contributed by atoms with Crippen LogP contribution >= 0.6 is 35.0 Å². The van der Waals surface area contributed by atoms with Gasteiger partial charge in [0, 0.05) is 16.2 Å². The molecule has 0 amide bonds. The number of sulfonamides is 1. The molecule has 0 unspecified atom stereocenters. The average Bonchev–Trinajstić information content (AvgIpc) is 2.27. The minimum absolute atomic E-state index is 0. The lowest BCUT2D eigenvalue weighted by Crippen LogP contribution is -2.38. The van der Waals surface area contributed by atoms with Crippen LogP contribution in [0.15, 0.2) is 29.2 Å². The Kier molecular flexibility index (Phi) is 8.37. The Morgan fingerprint density at radius 2 is 2.06 bits per heavy atom. The molecule has 18 heavy (non-hydrogen) atoms. The summed E-state index contributed by atoms with van der Waals surface area (Å²) in [7, 11) is -3.39. The van der Waals surface area contributed by atoms with Crippen LogP contribution in [0.4, 0.5) is 0 Å². The summed E-state index contributed by atoms with van der Waals surface area (Å²) in [4.78, 5) is 0.313. The van der Waals surface area contributed by atoms with Crippen LogP contribution in [0.1, 0.15) is 13.8 Å². The molecule has 1 atom stereocenters. The molecule has 0 radical (unpaired) electrons. The molecular weight excluding hydrogens is 387 g/mol. The van der Waals surface area contributed by atoms with Crippen molar-refractivity contribution in [2.75, 3.05) is 13.1 Å². The van der Waals surface area contributed by atoms with Gasteiger partial charge < -0.3 is 5.32 Å². The van der Waals surface area contributed by atoms with Crippen molar-refractivity contribution >= 4 is 45.0 Å². The van der Waals surface area contributed by atoms with E-state index >= 15 is 0 Å². The lowest BCUT2D eigenvalue weighted by Gasteiger charge is -2.13. The first-order valence-corrected chi connectivity index (χ1v) is 8.00. The number of halogens is 2. The highest BCUT2D eigenvalue weighted by molar-refractivity contribution is 14.1. The molecule has 0 aliphatic rings. The van der Waals surface area contributed by atoms with Gasteiger partial charge in [-0.05, 0) is 54.3 Å². The Hall–Kier alpha value is 0.110. The fraction of sp³-hybridized carbons (Fsp3) is 0.455. The minimum atomic E-state index is -3.39. The van der Waals surface area contributed by atoms with E-state index in [1.807, 2.05) is 19.9 Å². The predicted molar refractivity (Wildman–Crippen MR) is 84.7 cm³/mol. The smallest absolute Gasteiger partial charge is 0.240 e. The summed E-state index contributed by atoms with van der Waals surface area (Å²) in [6.07, 6.45) is 0. The molecule has 1 rings (SSSR count). The molecular formula is C11H18ClIN2O2S. The zero-order valence-corrected chi connectivity index (χ0v) is 14.1. The Morgan fingerprint density at radius 1 is 1.39 bits per heavy atom. The van der Waals surface area contributed by atoms with Crippen molar-refractivity contribution in [3.05, 3.63) is 27.8 Å². The maximum Gasteiger partial charge on any atom is 0.240 e. The molecule has 0 bridgehead atoms. The highest BCUT2D eigenvalue weighted by Crippen LogP contribution is 2.12. The van der Waals surface area contributed by atoms with Crippen molar-refractivity contribution in [3.8, 4) is 0 Å². The number of hydrogen-bond donors (Lipinski definition) is 2. The summed E-state index contributed by atoms with van der Waals surface area (Å²) in [5.74, 6) is 0. The monoisotopic (exact) mass is 404 g/mol. The van der Waals surface area contributed by atoms with Crippen LogP contribution in [0.2, 0.25) is 0 Å². The van der Waals surface area contributed by atoms with Gasteiger partial charge in [0.25, 0.3) is 0 Å². The molecule has 0 saturated heterocycles. The predicted octanol–water partition coefficient (Wildman–Crippen LogP) is 1.99. The number of rotatable bonds is 6. The quantitative estimate of drug-likeness (QED) is 0.713. The van der Waals surface area contributed by atoms with Gasteiger partial charge in [0.15, 0.2) is 0 Å². The van der Waals surface area contributed by atoms with Crippen molar-refractivity contribution < 1.29 is 8.42 Å². The summed E-state index contributed by atoms with van der Waals surface area (Å²) in [6, 6.07) is 6.98. The largest absolute Gasteiger partial charge is 0.313 e. The lowest BCUT2D eigenvalue weighted by molar-refractivity contribution is 0.536. The van der Waals surface area contributed by atoms with Crippen molar-refractivity contribution in [3.63, 3.8) is 0 Å². The van der Waals surface area contributed by atoms with Crippen molar-refractivity contribution in [2.24, 2.45) is 0 Å². The van der Waals surface area contributed by atoms with E-state index in [4.69, 9.17) is 0 Å². The standard InChI is InChI=1S/C11H17IN2O2S.ClH/c1-3-13-9(2)8-14-17(15,16)11-6-4-5-10(12)7-11;/h4-7,9,13-14H,3,8H2,1-2H3;1H/t9-;/m1./s1. The minimum Gasteiger partial charge on any atom is -0.313 e. The normalized spacial score (nSPS) is 12.8. The SMILES string of the molecule is CCN[C@H](C)CNS(=O)(=O)c1cccc(I)c1.Cl. The van der Waals surface area contributed by atoms with Gasteiger partial charge >= 0.3 is 0 Å². The van der Waals surface area contributed by atoms with Gasteiger partial charge in [-0.1, -0.05) is 13.0 Å². The molecule has 1 aromatic rings. The molecule has 7 heteroatoms. The Morgan fingerprint density at radius 3 is 2.61 bits per heavy atom. The average molecular weight is 405 g/mol. The van der Waals surface area contributed by atoms with E-state index in [1.54, 1.807) is 18.2 Å². The van der Waals surface area contributed by atoms with Crippen LogP contribution in [-0.2, 0) is 10.0 Å². The van der Waals surface area contributed by atoms with E-state index in [0.29, 0.717) is 11.4 Å². The third-order valence-corrected chi connectivity index (χ3v) is 4.33. The Balaban J connectivity index is 0.00000289. The summed E-state index contributed by atoms with van der Waals surface area (Å²) in [5, 5.41) is 3.15. The van der Waals surface area contributed by atoms with Crippen LogP contribution < -0.4 is 10.0 Å². The fourth-order valence-corrected chi connectivity index (χ4v) is 3.30. The second-order valence-corrected chi connectivity index (χ2v) is 6.78. The van der Waals surface area contributed by atoms with Crippen LogP contribution in [0.3, 0.4) is 0 Å².